The minimum absolute atomic E-state index is 0.209. The van der Waals surface area contributed by atoms with Gasteiger partial charge in [0.1, 0.15) is 0 Å². The summed E-state index contributed by atoms with van der Waals surface area (Å²) in [6.45, 7) is 4.91. The molecule has 3 heterocycles. The van der Waals surface area contributed by atoms with Crippen molar-refractivity contribution < 1.29 is 14.6 Å². The molecule has 0 spiro atoms. The summed E-state index contributed by atoms with van der Waals surface area (Å²) < 4.78 is 6.73. The average molecular weight is 306 g/mol. The lowest BCUT2D eigenvalue weighted by Crippen LogP contribution is -2.59. The van der Waals surface area contributed by atoms with Gasteiger partial charge in [-0.25, -0.2) is 0 Å². The van der Waals surface area contributed by atoms with E-state index < -0.39 is 5.97 Å². The van der Waals surface area contributed by atoms with Gasteiger partial charge in [0.15, 0.2) is 0 Å². The highest BCUT2D eigenvalue weighted by Crippen LogP contribution is 2.67. The van der Waals surface area contributed by atoms with Gasteiger partial charge in [0.25, 0.3) is 0 Å². The van der Waals surface area contributed by atoms with Gasteiger partial charge in [-0.3, -0.25) is 4.79 Å². The van der Waals surface area contributed by atoms with Crippen molar-refractivity contribution in [3.63, 3.8) is 0 Å². The van der Waals surface area contributed by atoms with Gasteiger partial charge in [0.2, 0.25) is 0 Å². The second-order valence-electron chi connectivity index (χ2n) is 8.94. The lowest BCUT2D eigenvalue weighted by atomic mass is 9.47. The molecule has 6 rings (SSSR count). The van der Waals surface area contributed by atoms with Crippen LogP contribution < -0.4 is 0 Å². The zero-order valence-electron chi connectivity index (χ0n) is 14.0. The van der Waals surface area contributed by atoms with Gasteiger partial charge in [0, 0.05) is 6.42 Å². The van der Waals surface area contributed by atoms with Crippen LogP contribution in [0.3, 0.4) is 0 Å². The van der Waals surface area contributed by atoms with Gasteiger partial charge in [-0.1, -0.05) is 13.8 Å². The third-order valence-electron chi connectivity index (χ3n) is 8.13. The SMILES string of the molecule is C[C@]1(CCCC(=O)O)C2CC[C@@H]3[C@@H]1CC[C@]1(C)C(CC[C@@H]31)O2. The number of rotatable bonds is 4. The minimum atomic E-state index is -0.656. The number of carboxylic acid groups (broad SMARTS) is 1. The van der Waals surface area contributed by atoms with Crippen molar-refractivity contribution in [2.45, 2.75) is 83.8 Å². The molecule has 6 aliphatic rings. The van der Waals surface area contributed by atoms with Crippen molar-refractivity contribution in [1.82, 2.24) is 0 Å². The van der Waals surface area contributed by atoms with Crippen molar-refractivity contribution in [3.8, 4) is 0 Å². The van der Waals surface area contributed by atoms with Crippen LogP contribution in [-0.2, 0) is 9.53 Å². The van der Waals surface area contributed by atoms with Gasteiger partial charge in [0.05, 0.1) is 12.2 Å². The minimum Gasteiger partial charge on any atom is -0.481 e. The highest BCUT2D eigenvalue weighted by Gasteiger charge is 2.63. The summed E-state index contributed by atoms with van der Waals surface area (Å²) in [5, 5.41) is 8.99. The van der Waals surface area contributed by atoms with Crippen molar-refractivity contribution in [2.75, 3.05) is 0 Å². The predicted molar refractivity (Wildman–Crippen MR) is 84.5 cm³/mol. The first-order valence-electron chi connectivity index (χ1n) is 9.32. The van der Waals surface area contributed by atoms with E-state index in [1.54, 1.807) is 0 Å². The Balaban J connectivity index is 1.63. The van der Waals surface area contributed by atoms with Crippen LogP contribution in [0.4, 0.5) is 0 Å². The smallest absolute Gasteiger partial charge is 0.303 e. The number of carboxylic acids is 1. The zero-order chi connectivity index (χ0) is 15.5. The molecule has 2 unspecified atom stereocenters. The van der Waals surface area contributed by atoms with Crippen molar-refractivity contribution in [3.05, 3.63) is 0 Å². The molecule has 6 fully saturated rings. The first kappa shape index (κ1) is 15.0. The van der Waals surface area contributed by atoms with Crippen LogP contribution in [0, 0.1) is 28.6 Å². The van der Waals surface area contributed by atoms with E-state index in [4.69, 9.17) is 9.84 Å². The molecule has 0 aromatic rings. The van der Waals surface area contributed by atoms with Gasteiger partial charge >= 0.3 is 5.97 Å². The molecular formula is C19H30O3. The first-order chi connectivity index (χ1) is 10.4. The van der Waals surface area contributed by atoms with E-state index in [-0.39, 0.29) is 5.41 Å². The normalized spacial score (nSPS) is 52.5. The molecule has 3 heteroatoms. The summed E-state index contributed by atoms with van der Waals surface area (Å²) in [7, 11) is 0. The van der Waals surface area contributed by atoms with Crippen LogP contribution in [0.5, 0.6) is 0 Å². The third-order valence-corrected chi connectivity index (χ3v) is 8.13. The van der Waals surface area contributed by atoms with Gasteiger partial charge in [-0.2, -0.15) is 0 Å². The highest BCUT2D eigenvalue weighted by atomic mass is 16.5. The Morgan fingerprint density at radius 3 is 2.64 bits per heavy atom. The lowest BCUT2D eigenvalue weighted by Gasteiger charge is -2.62. The molecule has 0 amide bonds. The van der Waals surface area contributed by atoms with Gasteiger partial charge in [-0.15, -0.1) is 0 Å². The molecule has 22 heavy (non-hydrogen) atoms. The maximum atomic E-state index is 10.9. The fraction of sp³-hybridized carbons (Fsp3) is 0.947. The molecule has 0 radical (unpaired) electrons. The fourth-order valence-electron chi connectivity index (χ4n) is 6.99. The Bertz CT molecular complexity index is 475. The van der Waals surface area contributed by atoms with Crippen LogP contribution in [0.25, 0.3) is 0 Å². The Hall–Kier alpha value is -0.570. The van der Waals surface area contributed by atoms with E-state index in [0.717, 1.165) is 30.6 Å². The molecular weight excluding hydrogens is 276 g/mol. The van der Waals surface area contributed by atoms with E-state index >= 15 is 0 Å². The third kappa shape index (κ3) is 1.93. The van der Waals surface area contributed by atoms with E-state index in [2.05, 4.69) is 13.8 Å². The topological polar surface area (TPSA) is 46.5 Å². The van der Waals surface area contributed by atoms with Crippen LogP contribution >= 0.6 is 0 Å². The molecule has 7 atom stereocenters. The molecule has 3 nitrogen and oxygen atoms in total. The number of fused-ring (bicyclic) bond motifs is 2. The van der Waals surface area contributed by atoms with E-state index in [0.29, 0.717) is 24.0 Å². The monoisotopic (exact) mass is 306 g/mol. The van der Waals surface area contributed by atoms with E-state index in [1.807, 2.05) is 0 Å². The van der Waals surface area contributed by atoms with Crippen molar-refractivity contribution >= 4 is 5.97 Å². The maximum Gasteiger partial charge on any atom is 0.303 e. The molecule has 3 saturated heterocycles. The summed E-state index contributed by atoms with van der Waals surface area (Å²) in [5.74, 6) is 1.84. The largest absolute Gasteiger partial charge is 0.481 e. The Morgan fingerprint density at radius 2 is 1.86 bits per heavy atom. The number of hydrogen-bond donors (Lipinski definition) is 1. The zero-order valence-corrected chi connectivity index (χ0v) is 14.0. The predicted octanol–water partition coefficient (Wildman–Crippen LogP) is 4.25. The fourth-order valence-corrected chi connectivity index (χ4v) is 6.99. The summed E-state index contributed by atoms with van der Waals surface area (Å²) in [6.07, 6.45) is 10.8. The Kier molecular flexibility index (Phi) is 3.38. The second kappa shape index (κ2) is 4.96. The molecule has 0 aromatic heterocycles. The summed E-state index contributed by atoms with van der Waals surface area (Å²) >= 11 is 0. The summed E-state index contributed by atoms with van der Waals surface area (Å²) in [5.41, 5.74) is 0.642. The second-order valence-corrected chi connectivity index (χ2v) is 8.94. The van der Waals surface area contributed by atoms with Gasteiger partial charge < -0.3 is 9.84 Å². The number of carbonyl (C=O) groups is 1. The van der Waals surface area contributed by atoms with Crippen LogP contribution in [0.2, 0.25) is 0 Å². The number of aliphatic carboxylic acids is 1. The number of hydrogen-bond acceptors (Lipinski definition) is 2. The molecule has 6 bridgehead atoms. The lowest BCUT2D eigenvalue weighted by molar-refractivity contribution is -0.226. The summed E-state index contributed by atoms with van der Waals surface area (Å²) in [4.78, 5) is 10.9. The molecule has 3 aliphatic heterocycles. The molecule has 0 aromatic carbocycles. The average Bonchev–Trinajstić information content (AvgIpc) is 2.84. The van der Waals surface area contributed by atoms with Gasteiger partial charge in [-0.05, 0) is 80.0 Å². The van der Waals surface area contributed by atoms with Crippen LogP contribution in [-0.4, -0.2) is 23.3 Å². The quantitative estimate of drug-likeness (QED) is 0.844. The van der Waals surface area contributed by atoms with Crippen molar-refractivity contribution in [1.29, 1.82) is 0 Å². The molecule has 124 valence electrons. The number of ether oxygens (including phenoxy) is 1. The Labute approximate surface area is 133 Å². The van der Waals surface area contributed by atoms with E-state index in [9.17, 15) is 4.79 Å². The summed E-state index contributed by atoms with van der Waals surface area (Å²) in [6, 6.07) is 0. The van der Waals surface area contributed by atoms with Crippen LogP contribution in [0.1, 0.15) is 71.6 Å². The first-order valence-corrected chi connectivity index (χ1v) is 9.32. The molecule has 1 N–H and O–H groups in total. The van der Waals surface area contributed by atoms with Crippen molar-refractivity contribution in [2.24, 2.45) is 28.6 Å². The Morgan fingerprint density at radius 1 is 1.09 bits per heavy atom. The molecule has 3 aliphatic carbocycles. The highest BCUT2D eigenvalue weighted by molar-refractivity contribution is 5.66. The van der Waals surface area contributed by atoms with E-state index in [1.165, 1.54) is 38.5 Å². The molecule has 3 saturated carbocycles. The standard InChI is InChI=1S/C19H30O3/c1-18(10-3-4-17(20)21)14-9-11-19(2)13-6-8-16(19)22-15(18)7-5-12(13)14/h12-16H,3-11H2,1-2H3,(H,20,21)/t12-,13-,14-,15?,16?,18+,19-/m0/s1. The maximum absolute atomic E-state index is 10.9. The van der Waals surface area contributed by atoms with Crippen LogP contribution in [0.15, 0.2) is 0 Å².